The van der Waals surface area contributed by atoms with Gasteiger partial charge in [-0.2, -0.15) is 5.10 Å². The molecule has 4 nitrogen and oxygen atoms in total. The number of aromatic nitrogens is 4. The molecule has 0 spiro atoms. The van der Waals surface area contributed by atoms with Crippen molar-refractivity contribution in [2.45, 2.75) is 52.0 Å². The summed E-state index contributed by atoms with van der Waals surface area (Å²) in [6.45, 7) is 4.33. The molecule has 0 aromatic carbocycles. The monoisotopic (exact) mass is 278 g/mol. The molecule has 0 bridgehead atoms. The van der Waals surface area contributed by atoms with Gasteiger partial charge in [-0.1, -0.05) is 26.2 Å². The third kappa shape index (κ3) is 1.95. The molecular formula is C14H22N4S. The fourth-order valence-corrected chi connectivity index (χ4v) is 3.97. The molecule has 0 radical (unpaired) electrons. The Kier molecular flexibility index (Phi) is 3.25. The Morgan fingerprint density at radius 3 is 2.84 bits per heavy atom. The highest BCUT2D eigenvalue weighted by atomic mass is 32.1. The predicted molar refractivity (Wildman–Crippen MR) is 79.9 cm³/mol. The summed E-state index contributed by atoms with van der Waals surface area (Å²) in [6.07, 6.45) is 6.47. The van der Waals surface area contributed by atoms with Gasteiger partial charge < -0.3 is 4.98 Å². The minimum Gasteiger partial charge on any atom is -0.328 e. The Bertz CT molecular complexity index is 648. The van der Waals surface area contributed by atoms with Crippen LogP contribution in [0.25, 0.3) is 11.2 Å². The van der Waals surface area contributed by atoms with E-state index in [1.165, 1.54) is 32.1 Å². The van der Waals surface area contributed by atoms with Crippen LogP contribution in [0.1, 0.15) is 50.8 Å². The van der Waals surface area contributed by atoms with Crippen molar-refractivity contribution in [1.29, 1.82) is 0 Å². The molecule has 2 aromatic rings. The normalized spacial score (nSPS) is 24.2. The molecule has 0 aliphatic heterocycles. The number of hydrogen-bond acceptors (Lipinski definition) is 2. The number of aromatic amines is 1. The minimum absolute atomic E-state index is 0.537. The third-order valence-corrected chi connectivity index (χ3v) is 4.89. The maximum absolute atomic E-state index is 5.57. The molecule has 19 heavy (non-hydrogen) atoms. The van der Waals surface area contributed by atoms with Crippen molar-refractivity contribution in [3.63, 3.8) is 0 Å². The molecular weight excluding hydrogens is 256 g/mol. The average Bonchev–Trinajstić information content (AvgIpc) is 2.88. The van der Waals surface area contributed by atoms with Crippen molar-refractivity contribution >= 4 is 23.4 Å². The van der Waals surface area contributed by atoms with Gasteiger partial charge in [0.25, 0.3) is 0 Å². The third-order valence-electron chi connectivity index (χ3n) is 4.60. The number of hydrogen-bond donors (Lipinski definition) is 1. The van der Waals surface area contributed by atoms with Gasteiger partial charge in [-0.3, -0.25) is 9.25 Å². The Labute approximate surface area is 118 Å². The van der Waals surface area contributed by atoms with Crippen molar-refractivity contribution in [3.8, 4) is 0 Å². The summed E-state index contributed by atoms with van der Waals surface area (Å²) in [5.74, 6) is 0.745. The van der Waals surface area contributed by atoms with Crippen LogP contribution < -0.4 is 0 Å². The molecule has 5 heteroatoms. The molecule has 1 fully saturated rings. The maximum atomic E-state index is 5.57. The highest BCUT2D eigenvalue weighted by molar-refractivity contribution is 7.71. The van der Waals surface area contributed by atoms with Gasteiger partial charge in [-0.05, 0) is 37.9 Å². The van der Waals surface area contributed by atoms with E-state index in [4.69, 9.17) is 12.2 Å². The molecule has 0 saturated heterocycles. The van der Waals surface area contributed by atoms with Crippen LogP contribution in [0.5, 0.6) is 0 Å². The predicted octanol–water partition coefficient (Wildman–Crippen LogP) is 3.88. The van der Waals surface area contributed by atoms with E-state index in [-0.39, 0.29) is 0 Å². The van der Waals surface area contributed by atoms with Crippen LogP contribution in [0, 0.1) is 17.6 Å². The van der Waals surface area contributed by atoms with Crippen molar-refractivity contribution < 1.29 is 0 Å². The Morgan fingerprint density at radius 1 is 1.37 bits per heavy atom. The number of rotatable bonds is 2. The van der Waals surface area contributed by atoms with Crippen LogP contribution in [0.4, 0.5) is 0 Å². The van der Waals surface area contributed by atoms with Gasteiger partial charge in [0.05, 0.1) is 5.69 Å². The quantitative estimate of drug-likeness (QED) is 0.847. The highest BCUT2D eigenvalue weighted by Gasteiger charge is 2.28. The molecule has 2 unspecified atom stereocenters. The Hall–Kier alpha value is -1.10. The van der Waals surface area contributed by atoms with Crippen LogP contribution in [0.15, 0.2) is 0 Å². The van der Waals surface area contributed by atoms with E-state index in [1.54, 1.807) is 0 Å². The lowest BCUT2D eigenvalue weighted by Gasteiger charge is -2.32. The first kappa shape index (κ1) is 12.9. The van der Waals surface area contributed by atoms with Gasteiger partial charge in [0.2, 0.25) is 0 Å². The average molecular weight is 278 g/mol. The first-order chi connectivity index (χ1) is 9.13. The van der Waals surface area contributed by atoms with Gasteiger partial charge in [0.1, 0.15) is 5.52 Å². The zero-order valence-corrected chi connectivity index (χ0v) is 12.8. The lowest BCUT2D eigenvalue weighted by molar-refractivity contribution is 0.233. The van der Waals surface area contributed by atoms with E-state index in [9.17, 15) is 0 Å². The van der Waals surface area contributed by atoms with Crippen molar-refractivity contribution in [2.24, 2.45) is 13.0 Å². The number of nitrogens with zero attached hydrogens (tertiary/aromatic N) is 3. The van der Waals surface area contributed by atoms with Crippen molar-refractivity contribution in [2.75, 3.05) is 0 Å². The number of nitrogens with one attached hydrogen (secondary N) is 1. The van der Waals surface area contributed by atoms with E-state index in [0.29, 0.717) is 6.04 Å². The second kappa shape index (κ2) is 4.78. The van der Waals surface area contributed by atoms with Crippen LogP contribution in [0.2, 0.25) is 0 Å². The Balaban J connectivity index is 2.18. The summed E-state index contributed by atoms with van der Waals surface area (Å²) in [7, 11) is 2.01. The van der Waals surface area contributed by atoms with E-state index in [2.05, 4.69) is 21.6 Å². The van der Waals surface area contributed by atoms with Crippen LogP contribution in [-0.4, -0.2) is 19.3 Å². The number of aryl methyl sites for hydroxylation is 2. The molecule has 2 atom stereocenters. The summed E-state index contributed by atoms with van der Waals surface area (Å²) in [6, 6.07) is 0.537. The molecule has 2 heterocycles. The first-order valence-corrected chi connectivity index (χ1v) is 7.68. The smallest absolute Gasteiger partial charge is 0.179 e. The summed E-state index contributed by atoms with van der Waals surface area (Å²) in [5.41, 5.74) is 3.30. The van der Waals surface area contributed by atoms with Gasteiger partial charge in [0.15, 0.2) is 10.4 Å². The number of H-pyrrole nitrogens is 1. The lowest BCUT2D eigenvalue weighted by atomic mass is 9.83. The standard InChI is InChI=1S/C14H22N4S/c1-4-10-7-5-6-8-11(10)18-13-12(15-14(18)19)9(2)16-17(13)3/h10-11H,4-8H2,1-3H3,(H,15,19). The van der Waals surface area contributed by atoms with Gasteiger partial charge in [0, 0.05) is 13.1 Å². The molecule has 1 N–H and O–H groups in total. The highest BCUT2D eigenvalue weighted by Crippen LogP contribution is 2.38. The SMILES string of the molecule is CCC1CCCCC1n1c(=S)[nH]c2c(C)nn(C)c21. The van der Waals surface area contributed by atoms with Gasteiger partial charge in [-0.15, -0.1) is 0 Å². The van der Waals surface area contributed by atoms with E-state index in [0.717, 1.165) is 27.5 Å². The summed E-state index contributed by atoms with van der Waals surface area (Å²) < 4.78 is 5.16. The summed E-state index contributed by atoms with van der Waals surface area (Å²) >= 11 is 5.57. The largest absolute Gasteiger partial charge is 0.328 e. The zero-order valence-electron chi connectivity index (χ0n) is 11.9. The van der Waals surface area contributed by atoms with E-state index < -0.39 is 0 Å². The van der Waals surface area contributed by atoms with Gasteiger partial charge in [-0.25, -0.2) is 0 Å². The molecule has 0 amide bonds. The zero-order chi connectivity index (χ0) is 13.6. The van der Waals surface area contributed by atoms with Crippen molar-refractivity contribution in [1.82, 2.24) is 19.3 Å². The summed E-state index contributed by atoms with van der Waals surface area (Å²) in [4.78, 5) is 3.35. The van der Waals surface area contributed by atoms with E-state index in [1.807, 2.05) is 18.7 Å². The summed E-state index contributed by atoms with van der Waals surface area (Å²) in [5, 5.41) is 4.52. The second-order valence-corrected chi connectivity index (χ2v) is 6.11. The van der Waals surface area contributed by atoms with E-state index >= 15 is 0 Å². The lowest BCUT2D eigenvalue weighted by Crippen LogP contribution is -2.23. The fourth-order valence-electron chi connectivity index (χ4n) is 3.64. The molecule has 104 valence electrons. The van der Waals surface area contributed by atoms with Gasteiger partial charge >= 0.3 is 0 Å². The topological polar surface area (TPSA) is 38.5 Å². The first-order valence-electron chi connectivity index (χ1n) is 7.27. The molecule has 3 rings (SSSR count). The molecule has 1 saturated carbocycles. The number of fused-ring (bicyclic) bond motifs is 1. The molecule has 1 aliphatic carbocycles. The minimum atomic E-state index is 0.537. The molecule has 2 aromatic heterocycles. The van der Waals surface area contributed by atoms with Crippen LogP contribution in [0.3, 0.4) is 0 Å². The van der Waals surface area contributed by atoms with Crippen molar-refractivity contribution in [3.05, 3.63) is 10.5 Å². The van der Waals surface area contributed by atoms with Crippen LogP contribution in [-0.2, 0) is 7.05 Å². The maximum Gasteiger partial charge on any atom is 0.179 e. The Morgan fingerprint density at radius 2 is 2.11 bits per heavy atom. The second-order valence-electron chi connectivity index (χ2n) is 5.73. The fraction of sp³-hybridized carbons (Fsp3) is 0.714. The number of imidazole rings is 1. The molecule has 1 aliphatic rings. The van der Waals surface area contributed by atoms with Crippen LogP contribution >= 0.6 is 12.2 Å².